The quantitative estimate of drug-likeness (QED) is 0.504. The van der Waals surface area contributed by atoms with Crippen LogP contribution >= 0.6 is 11.8 Å². The zero-order chi connectivity index (χ0) is 21.2. The molecule has 29 heavy (non-hydrogen) atoms. The molecule has 0 spiro atoms. The molecule has 156 valence electrons. The number of amidine groups is 1. The zero-order valence-corrected chi connectivity index (χ0v) is 18.4. The van der Waals surface area contributed by atoms with Gasteiger partial charge in [0.15, 0.2) is 0 Å². The van der Waals surface area contributed by atoms with Crippen LogP contribution in [0.15, 0.2) is 32.6 Å². The van der Waals surface area contributed by atoms with Crippen molar-refractivity contribution in [3.63, 3.8) is 0 Å². The lowest BCUT2D eigenvalue weighted by Gasteiger charge is -2.30. The first-order chi connectivity index (χ1) is 13.7. The van der Waals surface area contributed by atoms with Crippen LogP contribution in [0.2, 0.25) is 0 Å². The Morgan fingerprint density at radius 3 is 2.72 bits per heavy atom. The summed E-state index contributed by atoms with van der Waals surface area (Å²) in [5, 5.41) is 10.2. The van der Waals surface area contributed by atoms with Crippen molar-refractivity contribution in [3.05, 3.63) is 29.6 Å². The molecular weight excluding hydrogens is 412 g/mol. The molecule has 1 aromatic carbocycles. The number of anilines is 1. The minimum absolute atomic E-state index is 0.0574. The van der Waals surface area contributed by atoms with E-state index < -0.39 is 10.0 Å². The van der Waals surface area contributed by atoms with E-state index in [1.54, 1.807) is 19.1 Å². The summed E-state index contributed by atoms with van der Waals surface area (Å²) in [7, 11) is -3.83. The van der Waals surface area contributed by atoms with E-state index in [0.717, 1.165) is 5.82 Å². The van der Waals surface area contributed by atoms with Gasteiger partial charge in [0.1, 0.15) is 16.6 Å². The van der Waals surface area contributed by atoms with E-state index in [9.17, 15) is 13.2 Å². The van der Waals surface area contributed by atoms with Gasteiger partial charge < -0.3 is 10.2 Å². The van der Waals surface area contributed by atoms with Crippen LogP contribution in [0.3, 0.4) is 0 Å². The van der Waals surface area contributed by atoms with Crippen LogP contribution in [0.5, 0.6) is 0 Å². The van der Waals surface area contributed by atoms with Crippen LogP contribution in [0.1, 0.15) is 37.0 Å². The number of sulfonamides is 1. The number of carbonyl (C=O) groups excluding carboxylic acids is 1. The summed E-state index contributed by atoms with van der Waals surface area (Å²) in [6.07, 6.45) is 0. The molecule has 2 aromatic rings. The van der Waals surface area contributed by atoms with Crippen molar-refractivity contribution in [2.45, 2.75) is 37.7 Å². The van der Waals surface area contributed by atoms with E-state index >= 15 is 0 Å². The highest BCUT2D eigenvalue weighted by atomic mass is 32.2. The number of carbonyl (C=O) groups is 1. The highest BCUT2D eigenvalue weighted by Gasteiger charge is 2.30. The number of rotatable bonds is 7. The lowest BCUT2D eigenvalue weighted by Crippen LogP contribution is -2.37. The Labute approximate surface area is 174 Å². The molecule has 1 amide bonds. The van der Waals surface area contributed by atoms with E-state index in [2.05, 4.69) is 38.7 Å². The average Bonchev–Trinajstić information content (AvgIpc) is 3.06. The van der Waals surface area contributed by atoms with E-state index in [0.29, 0.717) is 41.4 Å². The standard InChI is InChI=1S/C18H24N6O3S2/c1-11(2)10-24-13(4)23-29(26,27)16-9-14(5-6-15(16)24)17(25)19-7-8-28-18-20-12(3)21-22-18/h5-6,9,11H,7-8,10H2,1-4H3,(H,19,25)(H,20,21,22). The summed E-state index contributed by atoms with van der Waals surface area (Å²) < 4.78 is 29.0. The Hall–Kier alpha value is -2.40. The maximum Gasteiger partial charge on any atom is 0.286 e. The molecule has 0 unspecified atom stereocenters. The fourth-order valence-electron chi connectivity index (χ4n) is 2.92. The SMILES string of the molecule is CC1=NS(=O)(=O)c2cc(C(=O)NCCSc3n[nH]c(C)n3)ccc2N1CC(C)C. The van der Waals surface area contributed by atoms with Gasteiger partial charge in [0, 0.05) is 24.4 Å². The fourth-order valence-corrected chi connectivity index (χ4v) is 4.88. The number of hydrogen-bond donors (Lipinski definition) is 2. The van der Waals surface area contributed by atoms with Crippen molar-refractivity contribution >= 4 is 39.2 Å². The lowest BCUT2D eigenvalue weighted by molar-refractivity contribution is 0.0956. The predicted molar refractivity (Wildman–Crippen MR) is 113 cm³/mol. The fraction of sp³-hybridized carbons (Fsp3) is 0.444. The predicted octanol–water partition coefficient (Wildman–Crippen LogP) is 2.22. The number of nitrogens with zero attached hydrogens (tertiary/aromatic N) is 4. The zero-order valence-electron chi connectivity index (χ0n) is 16.8. The molecular formula is C18H24N6O3S2. The third-order valence-electron chi connectivity index (χ3n) is 4.18. The number of hydrogen-bond acceptors (Lipinski definition) is 7. The van der Waals surface area contributed by atoms with Crippen LogP contribution in [-0.2, 0) is 10.0 Å². The minimum atomic E-state index is -3.83. The summed E-state index contributed by atoms with van der Waals surface area (Å²) in [6.45, 7) is 8.64. The Kier molecular flexibility index (Phi) is 6.27. The molecule has 9 nitrogen and oxygen atoms in total. The Bertz CT molecular complexity index is 1050. The smallest absolute Gasteiger partial charge is 0.286 e. The monoisotopic (exact) mass is 436 g/mol. The van der Waals surface area contributed by atoms with E-state index in [4.69, 9.17) is 0 Å². The van der Waals surface area contributed by atoms with E-state index in [1.807, 2.05) is 11.8 Å². The van der Waals surface area contributed by atoms with Gasteiger partial charge >= 0.3 is 0 Å². The van der Waals surface area contributed by atoms with Gasteiger partial charge in [0.05, 0.1) is 5.69 Å². The summed E-state index contributed by atoms with van der Waals surface area (Å²) in [4.78, 5) is 18.6. The van der Waals surface area contributed by atoms with Crippen molar-refractivity contribution in [3.8, 4) is 0 Å². The van der Waals surface area contributed by atoms with Gasteiger partial charge in [0.2, 0.25) is 5.16 Å². The minimum Gasteiger partial charge on any atom is -0.351 e. The number of aromatic nitrogens is 3. The normalized spacial score (nSPS) is 15.2. The number of aryl methyl sites for hydroxylation is 1. The van der Waals surface area contributed by atoms with Gasteiger partial charge in [-0.25, -0.2) is 4.98 Å². The first-order valence-electron chi connectivity index (χ1n) is 9.20. The van der Waals surface area contributed by atoms with Crippen LogP contribution in [0.4, 0.5) is 5.69 Å². The second-order valence-corrected chi connectivity index (χ2v) is 9.74. The molecule has 1 aliphatic rings. The first-order valence-corrected chi connectivity index (χ1v) is 11.6. The van der Waals surface area contributed by atoms with Gasteiger partial charge in [-0.3, -0.25) is 9.89 Å². The van der Waals surface area contributed by atoms with E-state index in [1.165, 1.54) is 17.8 Å². The molecule has 2 N–H and O–H groups in total. The summed E-state index contributed by atoms with van der Waals surface area (Å²) >= 11 is 1.42. The third kappa shape index (κ3) is 4.96. The van der Waals surface area contributed by atoms with Crippen molar-refractivity contribution in [1.29, 1.82) is 0 Å². The number of fused-ring (bicyclic) bond motifs is 1. The molecule has 1 aliphatic heterocycles. The van der Waals surface area contributed by atoms with Gasteiger partial charge in [0.25, 0.3) is 15.9 Å². The molecule has 1 aromatic heterocycles. The van der Waals surface area contributed by atoms with Crippen LogP contribution in [0.25, 0.3) is 0 Å². The van der Waals surface area contributed by atoms with Crippen molar-refractivity contribution in [1.82, 2.24) is 20.5 Å². The highest BCUT2D eigenvalue weighted by molar-refractivity contribution is 7.99. The molecule has 0 bridgehead atoms. The van der Waals surface area contributed by atoms with Gasteiger partial charge in [-0.05, 0) is 38.0 Å². The van der Waals surface area contributed by atoms with Crippen molar-refractivity contribution in [2.24, 2.45) is 10.3 Å². The molecule has 0 saturated heterocycles. The maximum atomic E-state index is 12.5. The number of H-pyrrole nitrogens is 1. The number of aromatic amines is 1. The second-order valence-electron chi connectivity index (χ2n) is 7.11. The first kappa shape index (κ1) is 21.3. The second kappa shape index (κ2) is 8.54. The molecule has 0 saturated carbocycles. The van der Waals surface area contributed by atoms with Gasteiger partial charge in [-0.15, -0.1) is 9.50 Å². The lowest BCUT2D eigenvalue weighted by atomic mass is 10.1. The topological polar surface area (TPSA) is 120 Å². The molecule has 0 atom stereocenters. The summed E-state index contributed by atoms with van der Waals surface area (Å²) in [6, 6.07) is 4.71. The largest absolute Gasteiger partial charge is 0.351 e. The molecule has 2 heterocycles. The number of nitrogens with one attached hydrogen (secondary N) is 2. The Balaban J connectivity index is 1.71. The van der Waals surface area contributed by atoms with Gasteiger partial charge in [-0.2, -0.15) is 8.42 Å². The Morgan fingerprint density at radius 2 is 2.07 bits per heavy atom. The third-order valence-corrected chi connectivity index (χ3v) is 6.41. The number of thioether (sulfide) groups is 1. The van der Waals surface area contributed by atoms with Crippen LogP contribution in [-0.4, -0.2) is 54.2 Å². The molecule has 11 heteroatoms. The average molecular weight is 437 g/mol. The molecule has 0 aliphatic carbocycles. The summed E-state index contributed by atoms with van der Waals surface area (Å²) in [5.41, 5.74) is 0.837. The summed E-state index contributed by atoms with van der Waals surface area (Å²) in [5.74, 6) is 1.75. The Morgan fingerprint density at radius 1 is 1.31 bits per heavy atom. The molecule has 3 rings (SSSR count). The van der Waals surface area contributed by atoms with E-state index in [-0.39, 0.29) is 16.4 Å². The molecule has 0 radical (unpaired) electrons. The highest BCUT2D eigenvalue weighted by Crippen LogP contribution is 2.33. The van der Waals surface area contributed by atoms with Gasteiger partial charge in [-0.1, -0.05) is 25.6 Å². The van der Waals surface area contributed by atoms with Crippen molar-refractivity contribution < 1.29 is 13.2 Å². The van der Waals surface area contributed by atoms with Crippen molar-refractivity contribution in [2.75, 3.05) is 23.7 Å². The number of benzene rings is 1. The maximum absolute atomic E-state index is 12.5. The molecule has 0 fully saturated rings. The van der Waals surface area contributed by atoms with Crippen LogP contribution < -0.4 is 10.2 Å². The number of amides is 1. The van der Waals surface area contributed by atoms with Crippen LogP contribution in [0, 0.1) is 12.8 Å².